The van der Waals surface area contributed by atoms with Gasteiger partial charge in [-0.3, -0.25) is 14.6 Å². The van der Waals surface area contributed by atoms with Gasteiger partial charge in [-0.05, 0) is 72.7 Å². The fourth-order valence-electron chi connectivity index (χ4n) is 6.07. The summed E-state index contributed by atoms with van der Waals surface area (Å²) in [5, 5.41) is 14.1. The highest BCUT2D eigenvalue weighted by Crippen LogP contribution is 2.35. The summed E-state index contributed by atoms with van der Waals surface area (Å²) in [4.78, 5) is 21.6. The molecule has 0 spiro atoms. The number of piperazine rings is 1. The molecule has 3 aromatic rings. The number of hydrogen-bond acceptors (Lipinski definition) is 6. The highest BCUT2D eigenvalue weighted by Gasteiger charge is 2.38. The Morgan fingerprint density at radius 3 is 2.75 bits per heavy atom. The van der Waals surface area contributed by atoms with Crippen molar-refractivity contribution in [1.82, 2.24) is 35.0 Å². The van der Waals surface area contributed by atoms with Crippen molar-refractivity contribution in [2.24, 2.45) is 0 Å². The highest BCUT2D eigenvalue weighted by atomic mass is 16.1. The van der Waals surface area contributed by atoms with Gasteiger partial charge in [0.25, 0.3) is 5.56 Å². The molecule has 3 aliphatic rings. The van der Waals surface area contributed by atoms with Gasteiger partial charge in [0.05, 0.1) is 6.04 Å². The normalized spacial score (nSPS) is 23.7. The molecule has 3 fully saturated rings. The van der Waals surface area contributed by atoms with E-state index in [1.54, 1.807) is 0 Å². The van der Waals surface area contributed by atoms with E-state index in [4.69, 9.17) is 0 Å². The van der Waals surface area contributed by atoms with Crippen LogP contribution >= 0.6 is 0 Å². The number of nitrogens with zero attached hydrogens (tertiary/aromatic N) is 6. The Morgan fingerprint density at radius 2 is 1.88 bits per heavy atom. The molecule has 4 heterocycles. The van der Waals surface area contributed by atoms with Gasteiger partial charge < -0.3 is 4.98 Å². The van der Waals surface area contributed by atoms with Crippen LogP contribution in [0.5, 0.6) is 0 Å². The molecule has 1 saturated carbocycles. The molecule has 0 bridgehead atoms. The Balaban J connectivity index is 1.47. The third-order valence-corrected chi connectivity index (χ3v) is 7.74. The van der Waals surface area contributed by atoms with E-state index >= 15 is 0 Å². The Morgan fingerprint density at radius 1 is 1.03 bits per heavy atom. The van der Waals surface area contributed by atoms with E-state index in [1.165, 1.54) is 32.2 Å². The Hall–Kier alpha value is -2.58. The van der Waals surface area contributed by atoms with Crippen LogP contribution in [0.4, 0.5) is 0 Å². The summed E-state index contributed by atoms with van der Waals surface area (Å²) in [6, 6.07) is 8.95. The van der Waals surface area contributed by atoms with Gasteiger partial charge in [-0.2, -0.15) is 0 Å². The van der Waals surface area contributed by atoms with Crippen LogP contribution in [0.25, 0.3) is 10.9 Å². The number of tetrazole rings is 1. The predicted octanol–water partition coefficient (Wildman–Crippen LogP) is 2.81. The molecule has 2 unspecified atom stereocenters. The minimum absolute atomic E-state index is 0.0390. The van der Waals surface area contributed by atoms with Crippen molar-refractivity contribution in [2.75, 3.05) is 26.2 Å². The van der Waals surface area contributed by atoms with Crippen LogP contribution in [0.15, 0.2) is 29.1 Å². The number of benzene rings is 1. The molecule has 2 aromatic heterocycles. The summed E-state index contributed by atoms with van der Waals surface area (Å²) in [5.74, 6) is 0.820. The first-order chi connectivity index (χ1) is 15.7. The van der Waals surface area contributed by atoms with Crippen molar-refractivity contribution in [3.8, 4) is 0 Å². The fourth-order valence-corrected chi connectivity index (χ4v) is 6.07. The maximum absolute atomic E-state index is 13.4. The fraction of sp³-hybridized carbons (Fsp3) is 0.583. The van der Waals surface area contributed by atoms with Gasteiger partial charge in [0.1, 0.15) is 6.04 Å². The van der Waals surface area contributed by atoms with Crippen molar-refractivity contribution >= 4 is 10.9 Å². The van der Waals surface area contributed by atoms with Crippen LogP contribution < -0.4 is 5.56 Å². The molecule has 8 heteroatoms. The molecule has 6 rings (SSSR count). The lowest BCUT2D eigenvalue weighted by Gasteiger charge is -2.41. The monoisotopic (exact) mass is 433 g/mol. The average Bonchev–Trinajstić information content (AvgIpc) is 3.55. The SMILES string of the molecule is Cc1ccc2cc(C(c3nnnn3C3CCCC3)N3CCN4CCCC4C3)c(=O)[nH]c2c1. The Kier molecular flexibility index (Phi) is 5.07. The standard InChI is InChI=1S/C24H31N7O/c1-16-8-9-17-14-20(24(32)25-21(17)13-16)22(30-12-11-29-10-4-7-19(29)15-30)23-26-27-28-31(23)18-5-2-3-6-18/h8-9,13-14,18-19,22H,2-7,10-12,15H2,1H3,(H,25,32). The molecule has 1 aromatic carbocycles. The summed E-state index contributed by atoms with van der Waals surface area (Å²) in [5.41, 5.74) is 2.73. The maximum Gasteiger partial charge on any atom is 0.253 e. The van der Waals surface area contributed by atoms with E-state index in [1.807, 2.05) is 17.7 Å². The summed E-state index contributed by atoms with van der Waals surface area (Å²) in [7, 11) is 0. The zero-order chi connectivity index (χ0) is 21.7. The third-order valence-electron chi connectivity index (χ3n) is 7.74. The van der Waals surface area contributed by atoms with E-state index < -0.39 is 0 Å². The van der Waals surface area contributed by atoms with Gasteiger partial charge in [0, 0.05) is 36.8 Å². The van der Waals surface area contributed by atoms with Crippen LogP contribution in [0.3, 0.4) is 0 Å². The first-order valence-corrected chi connectivity index (χ1v) is 12.1. The second-order valence-electron chi connectivity index (χ2n) is 9.79. The summed E-state index contributed by atoms with van der Waals surface area (Å²) < 4.78 is 2.03. The molecular formula is C24H31N7O. The van der Waals surface area contributed by atoms with Gasteiger partial charge in [-0.15, -0.1) is 5.10 Å². The molecule has 32 heavy (non-hydrogen) atoms. The Labute approximate surface area is 187 Å². The summed E-state index contributed by atoms with van der Waals surface area (Å²) in [6.45, 7) is 6.15. The number of aromatic amines is 1. The quantitative estimate of drug-likeness (QED) is 0.681. The molecule has 0 radical (unpaired) electrons. The minimum Gasteiger partial charge on any atom is -0.322 e. The lowest BCUT2D eigenvalue weighted by Crippen LogP contribution is -2.52. The number of fused-ring (bicyclic) bond motifs is 2. The average molecular weight is 434 g/mol. The van der Waals surface area contributed by atoms with Crippen molar-refractivity contribution < 1.29 is 0 Å². The van der Waals surface area contributed by atoms with Crippen LogP contribution in [-0.4, -0.2) is 67.2 Å². The largest absolute Gasteiger partial charge is 0.322 e. The van der Waals surface area contributed by atoms with E-state index in [0.717, 1.165) is 60.3 Å². The number of nitrogens with one attached hydrogen (secondary N) is 1. The number of H-pyrrole nitrogens is 1. The van der Waals surface area contributed by atoms with Crippen molar-refractivity contribution in [1.29, 1.82) is 0 Å². The van der Waals surface area contributed by atoms with Gasteiger partial charge >= 0.3 is 0 Å². The molecule has 2 atom stereocenters. The van der Waals surface area contributed by atoms with Gasteiger partial charge in [0.15, 0.2) is 5.82 Å². The molecular weight excluding hydrogens is 402 g/mol. The maximum atomic E-state index is 13.4. The van der Waals surface area contributed by atoms with E-state index in [9.17, 15) is 4.79 Å². The van der Waals surface area contributed by atoms with Gasteiger partial charge in [-0.25, -0.2) is 4.68 Å². The van der Waals surface area contributed by atoms with Crippen LogP contribution in [0.2, 0.25) is 0 Å². The number of rotatable bonds is 4. The van der Waals surface area contributed by atoms with E-state index in [0.29, 0.717) is 12.1 Å². The molecule has 168 valence electrons. The Bertz CT molecular complexity index is 1180. The van der Waals surface area contributed by atoms with E-state index in [2.05, 4.69) is 48.5 Å². The third kappa shape index (κ3) is 3.46. The number of aromatic nitrogens is 5. The number of hydrogen-bond donors (Lipinski definition) is 1. The smallest absolute Gasteiger partial charge is 0.253 e. The van der Waals surface area contributed by atoms with Crippen molar-refractivity contribution in [3.05, 3.63) is 51.6 Å². The molecule has 8 nitrogen and oxygen atoms in total. The summed E-state index contributed by atoms with van der Waals surface area (Å²) in [6.07, 6.45) is 7.13. The van der Waals surface area contributed by atoms with Crippen molar-refractivity contribution in [2.45, 2.75) is 63.6 Å². The lowest BCUT2D eigenvalue weighted by molar-refractivity contribution is 0.0783. The van der Waals surface area contributed by atoms with Crippen LogP contribution in [-0.2, 0) is 0 Å². The molecule has 0 amide bonds. The zero-order valence-corrected chi connectivity index (χ0v) is 18.7. The zero-order valence-electron chi connectivity index (χ0n) is 18.7. The van der Waals surface area contributed by atoms with Gasteiger partial charge in [-0.1, -0.05) is 25.0 Å². The molecule has 1 aliphatic carbocycles. The van der Waals surface area contributed by atoms with Crippen molar-refractivity contribution in [3.63, 3.8) is 0 Å². The van der Waals surface area contributed by atoms with Crippen LogP contribution in [0.1, 0.15) is 67.6 Å². The lowest BCUT2D eigenvalue weighted by atomic mass is 10.0. The first kappa shape index (κ1) is 20.1. The molecule has 1 N–H and O–H groups in total. The second-order valence-corrected chi connectivity index (χ2v) is 9.79. The summed E-state index contributed by atoms with van der Waals surface area (Å²) >= 11 is 0. The van der Waals surface area contributed by atoms with Gasteiger partial charge in [0.2, 0.25) is 0 Å². The van der Waals surface area contributed by atoms with E-state index in [-0.39, 0.29) is 11.6 Å². The molecule has 2 aliphatic heterocycles. The topological polar surface area (TPSA) is 82.9 Å². The number of pyridine rings is 1. The van der Waals surface area contributed by atoms with Crippen LogP contribution in [0, 0.1) is 6.92 Å². The minimum atomic E-state index is -0.234. The highest BCUT2D eigenvalue weighted by molar-refractivity contribution is 5.79. The predicted molar refractivity (Wildman–Crippen MR) is 123 cm³/mol. The molecule has 2 saturated heterocycles. The number of aryl methyl sites for hydroxylation is 1. The second kappa shape index (κ2) is 8.08. The first-order valence-electron chi connectivity index (χ1n) is 12.1.